The Morgan fingerprint density at radius 1 is 1.00 bits per heavy atom. The molecule has 0 heterocycles. The standard InChI is InChI=1S/C12H7Cl2N3S/c13-8-4-3-5-9(14)12(8)18-11-7-2-1-6-10(11)16-17-15/h1-7H. The molecule has 2 aromatic rings. The van der Waals surface area contributed by atoms with Crippen LogP contribution in [-0.2, 0) is 0 Å². The molecule has 0 radical (unpaired) electrons. The second-order valence-electron chi connectivity index (χ2n) is 3.31. The van der Waals surface area contributed by atoms with Crippen molar-refractivity contribution in [2.75, 3.05) is 0 Å². The van der Waals surface area contributed by atoms with Crippen molar-refractivity contribution < 1.29 is 0 Å². The average molecular weight is 296 g/mol. The van der Waals surface area contributed by atoms with Gasteiger partial charge in [-0.05, 0) is 23.7 Å². The highest BCUT2D eigenvalue weighted by atomic mass is 35.5. The molecule has 0 saturated carbocycles. The maximum atomic E-state index is 8.52. The van der Waals surface area contributed by atoms with Gasteiger partial charge in [0.05, 0.1) is 15.7 Å². The van der Waals surface area contributed by atoms with E-state index in [-0.39, 0.29) is 0 Å². The first-order chi connectivity index (χ1) is 8.72. The predicted molar refractivity (Wildman–Crippen MR) is 75.8 cm³/mol. The number of azide groups is 1. The Hall–Kier alpha value is -1.32. The highest BCUT2D eigenvalue weighted by Crippen LogP contribution is 2.41. The highest BCUT2D eigenvalue weighted by Gasteiger charge is 2.09. The fourth-order valence-corrected chi connectivity index (χ4v) is 2.90. The first kappa shape index (κ1) is 13.1. The molecule has 0 N–H and O–H groups in total. The smallest absolute Gasteiger partial charge is 0.0560 e. The van der Waals surface area contributed by atoms with E-state index in [1.165, 1.54) is 11.8 Å². The van der Waals surface area contributed by atoms with Crippen LogP contribution in [0.1, 0.15) is 0 Å². The van der Waals surface area contributed by atoms with E-state index in [1.54, 1.807) is 24.3 Å². The Labute approximate surface area is 118 Å². The van der Waals surface area contributed by atoms with Crippen molar-refractivity contribution in [3.63, 3.8) is 0 Å². The van der Waals surface area contributed by atoms with Gasteiger partial charge in [0.2, 0.25) is 0 Å². The SMILES string of the molecule is [N-]=[N+]=Nc1ccccc1Sc1c(Cl)cccc1Cl. The largest absolute Gasteiger partial charge is 0.0865 e. The lowest BCUT2D eigenvalue weighted by atomic mass is 10.3. The van der Waals surface area contributed by atoms with Crippen LogP contribution in [0.4, 0.5) is 5.69 Å². The molecule has 0 spiro atoms. The number of halogens is 2. The van der Waals surface area contributed by atoms with Gasteiger partial charge < -0.3 is 0 Å². The van der Waals surface area contributed by atoms with E-state index in [0.29, 0.717) is 15.7 Å². The van der Waals surface area contributed by atoms with E-state index in [2.05, 4.69) is 10.0 Å². The van der Waals surface area contributed by atoms with Crippen LogP contribution in [0.3, 0.4) is 0 Å². The first-order valence-corrected chi connectivity index (χ1v) is 6.55. The third-order valence-electron chi connectivity index (χ3n) is 2.15. The Morgan fingerprint density at radius 3 is 2.33 bits per heavy atom. The molecule has 90 valence electrons. The van der Waals surface area contributed by atoms with Gasteiger partial charge in [0.25, 0.3) is 0 Å². The second kappa shape index (κ2) is 6.03. The molecule has 3 nitrogen and oxygen atoms in total. The summed E-state index contributed by atoms with van der Waals surface area (Å²) in [5.74, 6) is 0. The molecule has 0 fully saturated rings. The van der Waals surface area contributed by atoms with Crippen LogP contribution in [0, 0.1) is 0 Å². The maximum absolute atomic E-state index is 8.52. The number of benzene rings is 2. The highest BCUT2D eigenvalue weighted by molar-refractivity contribution is 7.99. The van der Waals surface area contributed by atoms with Gasteiger partial charge in [0, 0.05) is 14.7 Å². The Morgan fingerprint density at radius 2 is 1.67 bits per heavy atom. The van der Waals surface area contributed by atoms with Crippen LogP contribution in [0.2, 0.25) is 10.0 Å². The fourth-order valence-electron chi connectivity index (χ4n) is 1.36. The zero-order valence-electron chi connectivity index (χ0n) is 9.05. The predicted octanol–water partition coefficient (Wildman–Crippen LogP) is 6.09. The normalized spacial score (nSPS) is 9.89. The first-order valence-electron chi connectivity index (χ1n) is 4.98. The van der Waals surface area contributed by atoms with Gasteiger partial charge in [-0.3, -0.25) is 0 Å². The van der Waals surface area contributed by atoms with Crippen molar-refractivity contribution in [1.29, 1.82) is 0 Å². The van der Waals surface area contributed by atoms with Crippen LogP contribution in [-0.4, -0.2) is 0 Å². The quantitative estimate of drug-likeness (QED) is 0.384. The molecule has 0 aliphatic heterocycles. The molecule has 6 heteroatoms. The zero-order chi connectivity index (χ0) is 13.0. The molecule has 0 aromatic heterocycles. The van der Waals surface area contributed by atoms with E-state index in [0.717, 1.165) is 9.79 Å². The van der Waals surface area contributed by atoms with Crippen LogP contribution in [0.25, 0.3) is 10.4 Å². The van der Waals surface area contributed by atoms with Gasteiger partial charge in [0.1, 0.15) is 0 Å². The molecular formula is C12H7Cl2N3S. The molecule has 0 atom stereocenters. The van der Waals surface area contributed by atoms with Gasteiger partial charge in [0.15, 0.2) is 0 Å². The van der Waals surface area contributed by atoms with E-state index in [1.807, 2.05) is 18.2 Å². The number of nitrogens with zero attached hydrogens (tertiary/aromatic N) is 3. The third-order valence-corrected chi connectivity index (χ3v) is 4.21. The summed E-state index contributed by atoms with van der Waals surface area (Å²) >= 11 is 13.6. The summed E-state index contributed by atoms with van der Waals surface area (Å²) in [5, 5.41) is 4.78. The molecule has 18 heavy (non-hydrogen) atoms. The van der Waals surface area contributed by atoms with E-state index in [4.69, 9.17) is 28.7 Å². The monoisotopic (exact) mass is 295 g/mol. The third kappa shape index (κ3) is 2.92. The van der Waals surface area contributed by atoms with Crippen molar-refractivity contribution >= 4 is 40.7 Å². The molecule has 0 saturated heterocycles. The number of hydrogen-bond donors (Lipinski definition) is 0. The summed E-state index contributed by atoms with van der Waals surface area (Å²) in [7, 11) is 0. The molecule has 0 unspecified atom stereocenters. The van der Waals surface area contributed by atoms with Crippen molar-refractivity contribution in [2.45, 2.75) is 9.79 Å². The molecule has 2 rings (SSSR count). The Bertz CT molecular complexity index is 604. The Balaban J connectivity index is 2.43. The van der Waals surface area contributed by atoms with E-state index < -0.39 is 0 Å². The zero-order valence-corrected chi connectivity index (χ0v) is 11.4. The maximum Gasteiger partial charge on any atom is 0.0560 e. The van der Waals surface area contributed by atoms with Crippen molar-refractivity contribution in [2.24, 2.45) is 5.11 Å². The van der Waals surface area contributed by atoms with Crippen LogP contribution >= 0.6 is 35.0 Å². The fraction of sp³-hybridized carbons (Fsp3) is 0. The molecule has 0 aliphatic rings. The summed E-state index contributed by atoms with van der Waals surface area (Å²) in [4.78, 5) is 4.36. The van der Waals surface area contributed by atoms with Gasteiger partial charge in [-0.1, -0.05) is 64.3 Å². The molecule has 0 aliphatic carbocycles. The summed E-state index contributed by atoms with van der Waals surface area (Å²) in [6, 6.07) is 12.6. The number of hydrogen-bond acceptors (Lipinski definition) is 2. The molecular weight excluding hydrogens is 289 g/mol. The summed E-state index contributed by atoms with van der Waals surface area (Å²) in [5.41, 5.74) is 9.07. The van der Waals surface area contributed by atoms with Crippen molar-refractivity contribution in [3.8, 4) is 0 Å². The molecule has 0 amide bonds. The lowest BCUT2D eigenvalue weighted by molar-refractivity contribution is 1.34. The van der Waals surface area contributed by atoms with E-state index >= 15 is 0 Å². The van der Waals surface area contributed by atoms with Gasteiger partial charge in [-0.25, -0.2) is 0 Å². The summed E-state index contributed by atoms with van der Waals surface area (Å²) in [6.45, 7) is 0. The van der Waals surface area contributed by atoms with Gasteiger partial charge in [-0.15, -0.1) is 0 Å². The minimum Gasteiger partial charge on any atom is -0.0865 e. The lowest BCUT2D eigenvalue weighted by Gasteiger charge is -2.08. The van der Waals surface area contributed by atoms with Crippen LogP contribution in [0.15, 0.2) is 57.4 Å². The Kier molecular flexibility index (Phi) is 4.39. The van der Waals surface area contributed by atoms with Crippen molar-refractivity contribution in [1.82, 2.24) is 0 Å². The van der Waals surface area contributed by atoms with Gasteiger partial charge in [-0.2, -0.15) is 0 Å². The minimum absolute atomic E-state index is 0.556. The summed E-state index contributed by atoms with van der Waals surface area (Å²) < 4.78 is 0. The number of rotatable bonds is 3. The van der Waals surface area contributed by atoms with E-state index in [9.17, 15) is 0 Å². The van der Waals surface area contributed by atoms with Gasteiger partial charge >= 0.3 is 0 Å². The average Bonchev–Trinajstić information content (AvgIpc) is 2.36. The summed E-state index contributed by atoms with van der Waals surface area (Å²) in [6.07, 6.45) is 0. The van der Waals surface area contributed by atoms with Crippen LogP contribution in [0.5, 0.6) is 0 Å². The topological polar surface area (TPSA) is 48.8 Å². The molecule has 2 aromatic carbocycles. The van der Waals surface area contributed by atoms with Crippen molar-refractivity contribution in [3.05, 3.63) is 63.0 Å². The molecule has 0 bridgehead atoms. The van der Waals surface area contributed by atoms with Crippen LogP contribution < -0.4 is 0 Å². The minimum atomic E-state index is 0.556. The second-order valence-corrected chi connectivity index (χ2v) is 5.18. The lowest BCUT2D eigenvalue weighted by Crippen LogP contribution is -1.78.